The highest BCUT2D eigenvalue weighted by Crippen LogP contribution is 2.23. The van der Waals surface area contributed by atoms with Gasteiger partial charge in [0.05, 0.1) is 6.54 Å². The van der Waals surface area contributed by atoms with Crippen LogP contribution in [0.1, 0.15) is 45.7 Å². The van der Waals surface area contributed by atoms with Gasteiger partial charge < -0.3 is 19.7 Å². The molecule has 5 heteroatoms. The summed E-state index contributed by atoms with van der Waals surface area (Å²) in [6.07, 6.45) is 0.593. The minimum atomic E-state index is -0.307. The van der Waals surface area contributed by atoms with Crippen molar-refractivity contribution in [2.45, 2.75) is 52.7 Å². The van der Waals surface area contributed by atoms with Crippen LogP contribution >= 0.6 is 12.2 Å². The van der Waals surface area contributed by atoms with E-state index in [4.69, 9.17) is 21.7 Å². The van der Waals surface area contributed by atoms with Gasteiger partial charge in [0.1, 0.15) is 0 Å². The van der Waals surface area contributed by atoms with Crippen LogP contribution in [0.2, 0.25) is 0 Å². The van der Waals surface area contributed by atoms with E-state index in [2.05, 4.69) is 79.5 Å². The Morgan fingerprint density at radius 3 is 2.10 bits per heavy atom. The molecule has 1 N–H and O–H groups in total. The van der Waals surface area contributed by atoms with Crippen LogP contribution in [0.4, 0.5) is 5.69 Å². The van der Waals surface area contributed by atoms with E-state index < -0.39 is 0 Å². The van der Waals surface area contributed by atoms with Gasteiger partial charge in [-0.15, -0.1) is 0 Å². The first-order valence-corrected chi connectivity index (χ1v) is 11.2. The largest absolute Gasteiger partial charge is 0.351 e. The Morgan fingerprint density at radius 2 is 1.57 bits per heavy atom. The van der Waals surface area contributed by atoms with E-state index in [1.807, 2.05) is 19.9 Å². The molecule has 0 heterocycles. The molecule has 0 radical (unpaired) electrons. The molecule has 0 fully saturated rings. The third-order valence-corrected chi connectivity index (χ3v) is 5.24. The van der Waals surface area contributed by atoms with Gasteiger partial charge in [-0.1, -0.05) is 63.2 Å². The van der Waals surface area contributed by atoms with Gasteiger partial charge in [0.25, 0.3) is 0 Å². The van der Waals surface area contributed by atoms with E-state index in [0.717, 1.165) is 18.7 Å². The molecule has 0 aromatic heterocycles. The molecule has 0 aliphatic rings. The molecule has 2 aromatic carbocycles. The summed E-state index contributed by atoms with van der Waals surface area (Å²) in [7, 11) is 0. The van der Waals surface area contributed by atoms with Gasteiger partial charge in [-0.2, -0.15) is 0 Å². The van der Waals surface area contributed by atoms with Crippen LogP contribution in [0.3, 0.4) is 0 Å². The fourth-order valence-electron chi connectivity index (χ4n) is 3.15. The summed E-state index contributed by atoms with van der Waals surface area (Å²) in [6.45, 7) is 13.2. The van der Waals surface area contributed by atoms with Gasteiger partial charge in [-0.05, 0) is 61.2 Å². The molecule has 0 unspecified atom stereocenters. The van der Waals surface area contributed by atoms with Gasteiger partial charge in [0.15, 0.2) is 11.4 Å². The second-order valence-corrected chi connectivity index (χ2v) is 8.67. The third-order valence-electron chi connectivity index (χ3n) is 4.88. The van der Waals surface area contributed by atoms with Crippen LogP contribution in [-0.4, -0.2) is 42.6 Å². The lowest BCUT2D eigenvalue weighted by molar-refractivity contribution is -0.141. The normalized spacial score (nSPS) is 11.5. The second kappa shape index (κ2) is 12.0. The minimum absolute atomic E-state index is 0.128. The van der Waals surface area contributed by atoms with E-state index in [-0.39, 0.29) is 11.7 Å². The number of ether oxygens (including phenoxy) is 2. The van der Waals surface area contributed by atoms with E-state index in [9.17, 15) is 0 Å². The van der Waals surface area contributed by atoms with Crippen LogP contribution in [0, 0.1) is 0 Å². The number of hydrogen-bond acceptors (Lipinski definition) is 3. The molecule has 2 aromatic rings. The van der Waals surface area contributed by atoms with Crippen molar-refractivity contribution in [1.29, 1.82) is 0 Å². The maximum Gasteiger partial charge on any atom is 0.174 e. The summed E-state index contributed by atoms with van der Waals surface area (Å²) in [5, 5.41) is 4.07. The maximum absolute atomic E-state index is 5.77. The fourth-order valence-corrected chi connectivity index (χ4v) is 3.43. The van der Waals surface area contributed by atoms with Gasteiger partial charge in [0.2, 0.25) is 0 Å². The lowest BCUT2D eigenvalue weighted by Crippen LogP contribution is -2.43. The first-order chi connectivity index (χ1) is 14.3. The van der Waals surface area contributed by atoms with Crippen molar-refractivity contribution >= 4 is 23.0 Å². The first-order valence-electron chi connectivity index (χ1n) is 10.8. The zero-order chi connectivity index (χ0) is 22.0. The molecule has 0 saturated carbocycles. The van der Waals surface area contributed by atoms with Gasteiger partial charge in [-0.3, -0.25) is 0 Å². The minimum Gasteiger partial charge on any atom is -0.351 e. The number of rotatable bonds is 10. The molecule has 0 aliphatic carbocycles. The first kappa shape index (κ1) is 24.3. The molecule has 0 spiro atoms. The van der Waals surface area contributed by atoms with Crippen LogP contribution < -0.4 is 5.32 Å². The lowest BCUT2D eigenvalue weighted by Gasteiger charge is -2.30. The standard InChI is InChI=1S/C25H36N2O2S/c1-6-28-23(29-7-2)19-27(18-17-20-11-9-8-10-12-20)24(30)26-22-15-13-21(14-16-22)25(3,4)5/h8-16,23H,6-7,17-19H2,1-5H3,(H,26,30). The third kappa shape index (κ3) is 8.05. The number of anilines is 1. The van der Waals surface area contributed by atoms with E-state index in [0.29, 0.717) is 24.9 Å². The van der Waals surface area contributed by atoms with Crippen LogP contribution in [0.15, 0.2) is 54.6 Å². The highest BCUT2D eigenvalue weighted by Gasteiger charge is 2.18. The summed E-state index contributed by atoms with van der Waals surface area (Å²) >= 11 is 5.77. The monoisotopic (exact) mass is 428 g/mol. The smallest absolute Gasteiger partial charge is 0.174 e. The lowest BCUT2D eigenvalue weighted by atomic mass is 9.87. The van der Waals surface area contributed by atoms with Crippen molar-refractivity contribution in [1.82, 2.24) is 4.90 Å². The molecule has 0 bridgehead atoms. The average molecular weight is 429 g/mol. The fraction of sp³-hybridized carbons (Fsp3) is 0.480. The van der Waals surface area contributed by atoms with Crippen molar-refractivity contribution in [2.24, 2.45) is 0 Å². The van der Waals surface area contributed by atoms with Crippen LogP contribution in [0.5, 0.6) is 0 Å². The second-order valence-electron chi connectivity index (χ2n) is 8.28. The van der Waals surface area contributed by atoms with Gasteiger partial charge >= 0.3 is 0 Å². The average Bonchev–Trinajstić information content (AvgIpc) is 2.71. The summed E-state index contributed by atoms with van der Waals surface area (Å²) in [5.74, 6) is 0. The van der Waals surface area contributed by atoms with Gasteiger partial charge in [0, 0.05) is 25.4 Å². The van der Waals surface area contributed by atoms with Crippen molar-refractivity contribution in [3.8, 4) is 0 Å². The van der Waals surface area contributed by atoms with Crippen molar-refractivity contribution in [3.05, 3.63) is 65.7 Å². The Balaban J connectivity index is 2.09. The SMILES string of the molecule is CCOC(CN(CCc1ccccc1)C(=S)Nc1ccc(C(C)(C)C)cc1)OCC. The molecule has 0 atom stereocenters. The Labute approximate surface area is 187 Å². The van der Waals surface area contributed by atoms with E-state index in [1.165, 1.54) is 11.1 Å². The number of nitrogens with one attached hydrogen (secondary N) is 1. The molecule has 4 nitrogen and oxygen atoms in total. The van der Waals surface area contributed by atoms with Crippen molar-refractivity contribution in [2.75, 3.05) is 31.6 Å². The predicted octanol–water partition coefficient (Wildman–Crippen LogP) is 5.62. The molecular weight excluding hydrogens is 392 g/mol. The molecule has 0 saturated heterocycles. The summed E-state index contributed by atoms with van der Waals surface area (Å²) in [5.41, 5.74) is 3.70. The topological polar surface area (TPSA) is 33.7 Å². The Hall–Kier alpha value is -1.95. The zero-order valence-corrected chi connectivity index (χ0v) is 19.8. The Bertz CT molecular complexity index is 751. The summed E-state index contributed by atoms with van der Waals surface area (Å²) in [4.78, 5) is 2.13. The number of hydrogen-bond donors (Lipinski definition) is 1. The number of thiocarbonyl (C=S) groups is 1. The quantitative estimate of drug-likeness (QED) is 0.392. The Morgan fingerprint density at radius 1 is 0.967 bits per heavy atom. The van der Waals surface area contributed by atoms with E-state index in [1.54, 1.807) is 0 Å². The molecule has 0 aliphatic heterocycles. The van der Waals surface area contributed by atoms with Crippen LogP contribution in [-0.2, 0) is 21.3 Å². The highest BCUT2D eigenvalue weighted by atomic mass is 32.1. The molecule has 2 rings (SSSR count). The summed E-state index contributed by atoms with van der Waals surface area (Å²) in [6, 6.07) is 18.9. The maximum atomic E-state index is 5.77. The summed E-state index contributed by atoms with van der Waals surface area (Å²) < 4.78 is 11.5. The van der Waals surface area contributed by atoms with Gasteiger partial charge in [-0.25, -0.2) is 0 Å². The highest BCUT2D eigenvalue weighted by molar-refractivity contribution is 7.80. The molecular formula is C25H36N2O2S. The number of nitrogens with zero attached hydrogens (tertiary/aromatic N) is 1. The molecule has 0 amide bonds. The zero-order valence-electron chi connectivity index (χ0n) is 19.0. The van der Waals surface area contributed by atoms with Crippen LogP contribution in [0.25, 0.3) is 0 Å². The predicted molar refractivity (Wildman–Crippen MR) is 130 cm³/mol. The Kier molecular flexibility index (Phi) is 9.76. The van der Waals surface area contributed by atoms with Crippen molar-refractivity contribution < 1.29 is 9.47 Å². The molecule has 164 valence electrons. The number of benzene rings is 2. The molecule has 30 heavy (non-hydrogen) atoms. The van der Waals surface area contributed by atoms with Crippen molar-refractivity contribution in [3.63, 3.8) is 0 Å². The van der Waals surface area contributed by atoms with E-state index >= 15 is 0 Å².